The van der Waals surface area contributed by atoms with E-state index in [0.717, 1.165) is 17.4 Å². The number of amides is 1. The number of para-hydroxylation sites is 1. The fourth-order valence-corrected chi connectivity index (χ4v) is 5.33. The molecule has 4 aromatic rings. The highest BCUT2D eigenvalue weighted by Gasteiger charge is 2.30. The Morgan fingerprint density at radius 2 is 1.70 bits per heavy atom. The van der Waals surface area contributed by atoms with E-state index in [1.165, 1.54) is 4.57 Å². The summed E-state index contributed by atoms with van der Waals surface area (Å²) in [5, 5.41) is 2.95. The molecule has 0 radical (unpaired) electrons. The lowest BCUT2D eigenvalue weighted by Crippen LogP contribution is -2.49. The summed E-state index contributed by atoms with van der Waals surface area (Å²) in [5.74, 6) is 6.00. The van der Waals surface area contributed by atoms with Gasteiger partial charge in [-0.25, -0.2) is 14.2 Å². The first kappa shape index (κ1) is 30.4. The van der Waals surface area contributed by atoms with Gasteiger partial charge >= 0.3 is 11.8 Å². The summed E-state index contributed by atoms with van der Waals surface area (Å²) < 4.78 is 9.50. The van der Waals surface area contributed by atoms with Crippen molar-refractivity contribution in [2.24, 2.45) is 0 Å². The van der Waals surface area contributed by atoms with Crippen LogP contribution in [0.15, 0.2) is 70.3 Å². The van der Waals surface area contributed by atoms with Gasteiger partial charge in [0.15, 0.2) is 16.9 Å². The van der Waals surface area contributed by atoms with Gasteiger partial charge in [0.2, 0.25) is 5.95 Å². The van der Waals surface area contributed by atoms with E-state index in [-0.39, 0.29) is 29.5 Å². The number of nitrogens with zero attached hydrogens (tertiary/aromatic N) is 5. The van der Waals surface area contributed by atoms with Crippen LogP contribution in [0.25, 0.3) is 16.9 Å². The van der Waals surface area contributed by atoms with Crippen LogP contribution in [0.2, 0.25) is 0 Å². The summed E-state index contributed by atoms with van der Waals surface area (Å²) in [6.07, 6.45) is 0.997. The smallest absolute Gasteiger partial charge is 0.407 e. The summed E-state index contributed by atoms with van der Waals surface area (Å²) in [7, 11) is 0. The molecule has 1 atom stereocenters. The van der Waals surface area contributed by atoms with Gasteiger partial charge in [-0.2, -0.15) is 4.98 Å². The van der Waals surface area contributed by atoms with Crippen molar-refractivity contribution >= 4 is 29.0 Å². The fourth-order valence-electron chi connectivity index (χ4n) is 5.33. The van der Waals surface area contributed by atoms with Crippen molar-refractivity contribution in [1.82, 2.24) is 24.0 Å². The maximum Gasteiger partial charge on any atom is 0.407 e. The Balaban J connectivity index is 1.65. The number of Topliss-reactive ketones (excluding diaryl/α,β-unsaturated/α-hetero) is 1. The molecule has 0 saturated carbocycles. The standard InChI is InChI=1S/C33H36N6O5/c1-5-6-20-37-27-28(35-30(37)36-19-13-16-24(21-36)34-31(42)44-33(2,3)4)39(25-17-11-8-12-18-25)32(43)38(29(27)41)22-26(40)23-14-9-7-10-15-23/h7-12,14-15,17-18,24H,13,16,19-22H2,1-4H3,(H,34,42)/t24-/m1/s1. The Bertz CT molecular complexity index is 1860. The zero-order valence-corrected chi connectivity index (χ0v) is 25.4. The molecule has 1 aliphatic rings. The van der Waals surface area contributed by atoms with Gasteiger partial charge in [0.05, 0.1) is 18.8 Å². The number of ketones is 1. The quantitative estimate of drug-likeness (QED) is 0.255. The van der Waals surface area contributed by atoms with Crippen LogP contribution in [0, 0.1) is 11.8 Å². The molecule has 44 heavy (non-hydrogen) atoms. The average Bonchev–Trinajstić information content (AvgIpc) is 3.37. The largest absolute Gasteiger partial charge is 0.444 e. The third-order valence-corrected chi connectivity index (χ3v) is 7.26. The zero-order chi connectivity index (χ0) is 31.4. The molecule has 1 N–H and O–H groups in total. The van der Waals surface area contributed by atoms with Gasteiger partial charge in [-0.3, -0.25) is 18.7 Å². The number of anilines is 1. The zero-order valence-electron chi connectivity index (χ0n) is 25.4. The highest BCUT2D eigenvalue weighted by Crippen LogP contribution is 2.25. The minimum Gasteiger partial charge on any atom is -0.444 e. The topological polar surface area (TPSA) is 120 Å². The number of imidazole rings is 1. The third kappa shape index (κ3) is 6.44. The lowest BCUT2D eigenvalue weighted by molar-refractivity contribution is 0.0499. The first-order valence-corrected chi connectivity index (χ1v) is 14.6. The Morgan fingerprint density at radius 1 is 1.02 bits per heavy atom. The molecule has 11 heteroatoms. The molecule has 0 unspecified atom stereocenters. The average molecular weight is 597 g/mol. The van der Waals surface area contributed by atoms with Crippen LogP contribution in [-0.2, 0) is 17.8 Å². The van der Waals surface area contributed by atoms with Crippen molar-refractivity contribution in [3.63, 3.8) is 0 Å². The number of carbonyl (C=O) groups is 2. The van der Waals surface area contributed by atoms with Gasteiger partial charge in [-0.15, -0.1) is 5.92 Å². The van der Waals surface area contributed by atoms with Crippen molar-refractivity contribution in [3.8, 4) is 17.5 Å². The molecule has 0 spiro atoms. The van der Waals surface area contributed by atoms with Gasteiger partial charge in [0, 0.05) is 24.7 Å². The second kappa shape index (κ2) is 12.6. The normalized spacial score (nSPS) is 15.0. The number of aromatic nitrogens is 4. The van der Waals surface area contributed by atoms with Gasteiger partial charge in [-0.1, -0.05) is 54.5 Å². The molecular weight excluding hydrogens is 560 g/mol. The Hall–Kier alpha value is -5.11. The molecule has 228 valence electrons. The molecule has 1 amide bonds. The van der Waals surface area contributed by atoms with Crippen molar-refractivity contribution in [3.05, 3.63) is 87.1 Å². The Kier molecular flexibility index (Phi) is 8.71. The van der Waals surface area contributed by atoms with Crippen LogP contribution < -0.4 is 21.5 Å². The van der Waals surface area contributed by atoms with Gasteiger partial charge in [0.1, 0.15) is 5.60 Å². The molecule has 0 bridgehead atoms. The molecule has 2 aromatic heterocycles. The minimum absolute atomic E-state index is 0.137. The van der Waals surface area contributed by atoms with E-state index < -0.39 is 29.5 Å². The van der Waals surface area contributed by atoms with Crippen molar-refractivity contribution < 1.29 is 14.3 Å². The summed E-state index contributed by atoms with van der Waals surface area (Å²) in [4.78, 5) is 60.7. The molecule has 1 fully saturated rings. The highest BCUT2D eigenvalue weighted by molar-refractivity contribution is 5.96. The maximum atomic E-state index is 14.1. The van der Waals surface area contributed by atoms with E-state index >= 15 is 0 Å². The summed E-state index contributed by atoms with van der Waals surface area (Å²) in [6, 6.07) is 17.2. The number of fused-ring (bicyclic) bond motifs is 1. The number of nitrogens with one attached hydrogen (secondary N) is 1. The minimum atomic E-state index is -0.668. The predicted octanol–water partition coefficient (Wildman–Crippen LogP) is 3.75. The van der Waals surface area contributed by atoms with E-state index in [0.29, 0.717) is 30.3 Å². The number of hydrogen-bond donors (Lipinski definition) is 1. The lowest BCUT2D eigenvalue weighted by atomic mass is 10.1. The van der Waals surface area contributed by atoms with E-state index in [2.05, 4.69) is 17.2 Å². The maximum absolute atomic E-state index is 14.1. The van der Waals surface area contributed by atoms with Crippen LogP contribution in [-0.4, -0.2) is 55.3 Å². The van der Waals surface area contributed by atoms with Crippen LogP contribution >= 0.6 is 0 Å². The summed E-state index contributed by atoms with van der Waals surface area (Å²) in [5.41, 5.74) is -0.692. The molecule has 5 rings (SSSR count). The third-order valence-electron chi connectivity index (χ3n) is 7.26. The number of piperidine rings is 1. The van der Waals surface area contributed by atoms with Crippen molar-refractivity contribution in [2.45, 2.75) is 65.3 Å². The molecule has 0 aliphatic carbocycles. The van der Waals surface area contributed by atoms with E-state index in [1.54, 1.807) is 66.1 Å². The molecule has 2 aromatic carbocycles. The first-order chi connectivity index (χ1) is 21.1. The lowest BCUT2D eigenvalue weighted by Gasteiger charge is -2.34. The van der Waals surface area contributed by atoms with E-state index in [9.17, 15) is 19.2 Å². The van der Waals surface area contributed by atoms with Gasteiger partial charge in [0.25, 0.3) is 5.56 Å². The fraction of sp³-hybridized carbons (Fsp3) is 0.364. The number of rotatable bonds is 7. The van der Waals surface area contributed by atoms with E-state index in [1.807, 2.05) is 31.7 Å². The molecular formula is C33H36N6O5. The number of alkyl carbamates (subject to hydrolysis) is 1. The second-order valence-corrected chi connectivity index (χ2v) is 11.7. The number of ether oxygens (including phenoxy) is 1. The monoisotopic (exact) mass is 596 g/mol. The van der Waals surface area contributed by atoms with Gasteiger partial charge in [-0.05, 0) is 52.7 Å². The van der Waals surface area contributed by atoms with Crippen LogP contribution in [0.1, 0.15) is 50.9 Å². The van der Waals surface area contributed by atoms with Crippen LogP contribution in [0.4, 0.5) is 10.7 Å². The molecule has 3 heterocycles. The van der Waals surface area contributed by atoms with Gasteiger partial charge < -0.3 is 15.0 Å². The number of carbonyl (C=O) groups excluding carboxylic acids is 2. The molecule has 11 nitrogen and oxygen atoms in total. The Morgan fingerprint density at radius 3 is 2.36 bits per heavy atom. The summed E-state index contributed by atoms with van der Waals surface area (Å²) in [6.45, 7) is 7.87. The van der Waals surface area contributed by atoms with E-state index in [4.69, 9.17) is 9.72 Å². The summed E-state index contributed by atoms with van der Waals surface area (Å²) >= 11 is 0. The van der Waals surface area contributed by atoms with Crippen LogP contribution in [0.3, 0.4) is 0 Å². The first-order valence-electron chi connectivity index (χ1n) is 14.6. The predicted molar refractivity (Wildman–Crippen MR) is 168 cm³/mol. The number of benzene rings is 2. The highest BCUT2D eigenvalue weighted by atomic mass is 16.6. The van der Waals surface area contributed by atoms with Crippen molar-refractivity contribution in [2.75, 3.05) is 18.0 Å². The second-order valence-electron chi connectivity index (χ2n) is 11.7. The number of hydrogen-bond acceptors (Lipinski definition) is 7. The molecule has 1 saturated heterocycles. The molecule has 1 aliphatic heterocycles. The Labute approximate surface area is 255 Å². The SMILES string of the molecule is CC#CCn1c(N2CCC[C@@H](NC(=O)OC(C)(C)C)C2)nc2c1c(=O)n(CC(=O)c1ccccc1)c(=O)n2-c1ccccc1. The van der Waals surface area contributed by atoms with Crippen LogP contribution in [0.5, 0.6) is 0 Å². The van der Waals surface area contributed by atoms with Crippen molar-refractivity contribution in [1.29, 1.82) is 0 Å².